The van der Waals surface area contributed by atoms with Crippen LogP contribution in [0.25, 0.3) is 22.0 Å². The summed E-state index contributed by atoms with van der Waals surface area (Å²) < 4.78 is 1.57. The lowest BCUT2D eigenvalue weighted by Gasteiger charge is -2.13. The van der Waals surface area contributed by atoms with Crippen molar-refractivity contribution in [1.82, 2.24) is 19.7 Å². The van der Waals surface area contributed by atoms with Crippen molar-refractivity contribution in [3.05, 3.63) is 77.5 Å². The van der Waals surface area contributed by atoms with Crippen molar-refractivity contribution in [2.45, 2.75) is 6.54 Å². The lowest BCUT2D eigenvalue weighted by Crippen LogP contribution is -2.05. The molecule has 0 aliphatic rings. The van der Waals surface area contributed by atoms with Crippen LogP contribution < -0.4 is 0 Å². The van der Waals surface area contributed by atoms with Gasteiger partial charge in [-0.3, -0.25) is 0 Å². The zero-order valence-electron chi connectivity index (χ0n) is 13.1. The first-order valence-electron chi connectivity index (χ1n) is 7.68. The van der Waals surface area contributed by atoms with Gasteiger partial charge in [0.2, 0.25) is 0 Å². The molecule has 25 heavy (non-hydrogen) atoms. The first-order chi connectivity index (χ1) is 12.3. The predicted molar refractivity (Wildman–Crippen MR) is 96.0 cm³/mol. The molecule has 0 radical (unpaired) electrons. The van der Waals surface area contributed by atoms with E-state index in [1.54, 1.807) is 4.68 Å². The molecule has 0 saturated carbocycles. The minimum atomic E-state index is 0.125. The summed E-state index contributed by atoms with van der Waals surface area (Å²) in [7, 11) is 0. The van der Waals surface area contributed by atoms with Crippen molar-refractivity contribution in [2.75, 3.05) is 0 Å². The van der Waals surface area contributed by atoms with Crippen molar-refractivity contribution in [3.63, 3.8) is 0 Å². The zero-order valence-corrected chi connectivity index (χ0v) is 13.9. The molecule has 0 saturated heterocycles. The minimum absolute atomic E-state index is 0.125. The molecule has 0 amide bonds. The van der Waals surface area contributed by atoms with Crippen LogP contribution >= 0.6 is 11.6 Å². The molecule has 0 bridgehead atoms. The summed E-state index contributed by atoms with van der Waals surface area (Å²) in [5, 5.41) is 14.6. The molecule has 0 N–H and O–H groups in total. The number of fused-ring (bicyclic) bond motifs is 1. The van der Waals surface area contributed by atoms with Gasteiger partial charge in [-0.25, -0.2) is 14.6 Å². The molecule has 120 valence electrons. The highest BCUT2D eigenvalue weighted by Crippen LogP contribution is 2.36. The molecule has 0 unspecified atom stereocenters. The molecule has 0 fully saturated rings. The number of benzene rings is 2. The van der Waals surface area contributed by atoms with Crippen molar-refractivity contribution < 1.29 is 0 Å². The topological polar surface area (TPSA) is 67.4 Å². The Labute approximate surface area is 149 Å². The third-order valence-corrected chi connectivity index (χ3v) is 4.32. The average molecular weight is 346 g/mol. The van der Waals surface area contributed by atoms with E-state index >= 15 is 0 Å². The fourth-order valence-electron chi connectivity index (χ4n) is 2.81. The minimum Gasteiger partial charge on any atom is -0.249 e. The van der Waals surface area contributed by atoms with Gasteiger partial charge in [-0.15, -0.1) is 5.10 Å². The van der Waals surface area contributed by atoms with E-state index < -0.39 is 0 Å². The number of hydrogen-bond acceptors (Lipinski definition) is 4. The molecular weight excluding hydrogens is 334 g/mol. The van der Waals surface area contributed by atoms with Crippen molar-refractivity contribution in [1.29, 1.82) is 5.26 Å². The monoisotopic (exact) mass is 345 g/mol. The SMILES string of the molecule is N#Cc1ncn(Cc2nc3ccccc3c(-c3ccccc3)c2Cl)n1. The number of halogens is 1. The van der Waals surface area contributed by atoms with Gasteiger partial charge in [0.1, 0.15) is 12.4 Å². The van der Waals surface area contributed by atoms with Gasteiger partial charge in [-0.2, -0.15) is 5.26 Å². The van der Waals surface area contributed by atoms with E-state index in [-0.39, 0.29) is 5.82 Å². The van der Waals surface area contributed by atoms with Gasteiger partial charge in [0.15, 0.2) is 0 Å². The number of nitrogens with zero attached hydrogens (tertiary/aromatic N) is 5. The van der Waals surface area contributed by atoms with Crippen molar-refractivity contribution >= 4 is 22.5 Å². The Hall–Kier alpha value is -3.23. The fourth-order valence-corrected chi connectivity index (χ4v) is 3.12. The zero-order chi connectivity index (χ0) is 17.2. The first-order valence-corrected chi connectivity index (χ1v) is 8.06. The molecule has 0 atom stereocenters. The third kappa shape index (κ3) is 2.84. The largest absolute Gasteiger partial charge is 0.252 e. The second-order valence-corrected chi connectivity index (χ2v) is 5.89. The molecule has 0 aliphatic carbocycles. The van der Waals surface area contributed by atoms with E-state index in [0.29, 0.717) is 17.3 Å². The highest BCUT2D eigenvalue weighted by atomic mass is 35.5. The lowest BCUT2D eigenvalue weighted by molar-refractivity contribution is 0.671. The summed E-state index contributed by atoms with van der Waals surface area (Å²) in [6.07, 6.45) is 1.51. The van der Waals surface area contributed by atoms with Gasteiger partial charge < -0.3 is 0 Å². The number of para-hydroxylation sites is 1. The third-order valence-electron chi connectivity index (χ3n) is 3.91. The van der Waals surface area contributed by atoms with Crippen LogP contribution in [0.3, 0.4) is 0 Å². The van der Waals surface area contributed by atoms with Gasteiger partial charge in [-0.05, 0) is 11.6 Å². The van der Waals surface area contributed by atoms with E-state index in [9.17, 15) is 0 Å². The van der Waals surface area contributed by atoms with E-state index in [1.807, 2.05) is 60.7 Å². The Bertz CT molecular complexity index is 1100. The quantitative estimate of drug-likeness (QED) is 0.561. The highest BCUT2D eigenvalue weighted by molar-refractivity contribution is 6.35. The van der Waals surface area contributed by atoms with Crippen LogP contribution in [0, 0.1) is 11.3 Å². The van der Waals surface area contributed by atoms with Crippen molar-refractivity contribution in [2.24, 2.45) is 0 Å². The van der Waals surface area contributed by atoms with Crippen LogP contribution in [0.4, 0.5) is 0 Å². The smallest absolute Gasteiger partial charge is 0.249 e. The van der Waals surface area contributed by atoms with Gasteiger partial charge in [0, 0.05) is 10.9 Å². The Morgan fingerprint density at radius 3 is 2.56 bits per heavy atom. The van der Waals surface area contributed by atoms with Gasteiger partial charge in [-0.1, -0.05) is 60.1 Å². The average Bonchev–Trinajstić information content (AvgIpc) is 3.11. The molecule has 6 heteroatoms. The maximum atomic E-state index is 8.88. The molecule has 4 rings (SSSR count). The van der Waals surface area contributed by atoms with Crippen LogP contribution in [-0.4, -0.2) is 19.7 Å². The molecule has 4 aromatic rings. The van der Waals surface area contributed by atoms with E-state index in [1.165, 1.54) is 6.33 Å². The summed E-state index contributed by atoms with van der Waals surface area (Å²) in [5.41, 5.74) is 3.53. The number of pyridine rings is 1. The summed E-state index contributed by atoms with van der Waals surface area (Å²) in [5.74, 6) is 0.125. The summed E-state index contributed by atoms with van der Waals surface area (Å²) in [6.45, 7) is 0.345. The Kier molecular flexibility index (Phi) is 3.88. The van der Waals surface area contributed by atoms with Crippen LogP contribution in [0.2, 0.25) is 5.02 Å². The Balaban J connectivity index is 1.91. The van der Waals surface area contributed by atoms with Gasteiger partial charge in [0.25, 0.3) is 5.82 Å². The van der Waals surface area contributed by atoms with E-state index in [0.717, 1.165) is 22.0 Å². The first kappa shape index (κ1) is 15.3. The number of hydrogen-bond donors (Lipinski definition) is 0. The maximum absolute atomic E-state index is 8.88. The predicted octanol–water partition coefficient (Wildman–Crippen LogP) is 4.07. The second-order valence-electron chi connectivity index (χ2n) is 5.51. The molecule has 2 aromatic heterocycles. The molecule has 5 nitrogen and oxygen atoms in total. The standard InChI is InChI=1S/C19H12ClN5/c20-19-16(11-25-12-22-17(10-21)24-25)23-15-9-5-4-8-14(15)18(19)13-6-2-1-3-7-13/h1-9,12H,11H2. The molecular formula is C19H12ClN5. The van der Waals surface area contributed by atoms with Gasteiger partial charge in [0.05, 0.1) is 22.8 Å². The molecule has 2 heterocycles. The van der Waals surface area contributed by atoms with Crippen molar-refractivity contribution in [3.8, 4) is 17.2 Å². The van der Waals surface area contributed by atoms with Crippen LogP contribution in [0.15, 0.2) is 60.9 Å². The van der Waals surface area contributed by atoms with E-state index in [4.69, 9.17) is 16.9 Å². The highest BCUT2D eigenvalue weighted by Gasteiger charge is 2.15. The number of nitriles is 1. The second kappa shape index (κ2) is 6.34. The maximum Gasteiger partial charge on any atom is 0.252 e. The number of aromatic nitrogens is 4. The van der Waals surface area contributed by atoms with Gasteiger partial charge >= 0.3 is 0 Å². The summed E-state index contributed by atoms with van der Waals surface area (Å²) in [6, 6.07) is 19.8. The van der Waals surface area contributed by atoms with Crippen LogP contribution in [0.1, 0.15) is 11.5 Å². The van der Waals surface area contributed by atoms with Crippen LogP contribution in [-0.2, 0) is 6.54 Å². The Morgan fingerprint density at radius 2 is 1.80 bits per heavy atom. The normalized spacial score (nSPS) is 10.7. The Morgan fingerprint density at radius 1 is 1.04 bits per heavy atom. The summed E-state index contributed by atoms with van der Waals surface area (Å²) >= 11 is 6.72. The fraction of sp³-hybridized carbons (Fsp3) is 0.0526. The molecule has 2 aromatic carbocycles. The molecule has 0 spiro atoms. The summed E-state index contributed by atoms with van der Waals surface area (Å²) in [4.78, 5) is 8.61. The number of rotatable bonds is 3. The van der Waals surface area contributed by atoms with Crippen LogP contribution in [0.5, 0.6) is 0 Å². The lowest BCUT2D eigenvalue weighted by atomic mass is 10.00. The van der Waals surface area contributed by atoms with E-state index in [2.05, 4.69) is 15.1 Å². The molecule has 0 aliphatic heterocycles.